The Hall–Kier alpha value is -5.29. The molecule has 5 heteroatoms. The van der Waals surface area contributed by atoms with Gasteiger partial charge in [-0.1, -0.05) is 93.6 Å². The summed E-state index contributed by atoms with van der Waals surface area (Å²) in [7, 11) is 0. The van der Waals surface area contributed by atoms with Crippen LogP contribution in [0.5, 0.6) is 0 Å². The molecule has 300 valence electrons. The van der Waals surface area contributed by atoms with Crippen molar-refractivity contribution in [2.24, 2.45) is 41.4 Å². The molecule has 7 unspecified atom stereocenters. The Morgan fingerprint density at radius 3 is 2.00 bits per heavy atom. The smallest absolute Gasteiger partial charge is 0.163 e. The van der Waals surface area contributed by atoms with E-state index >= 15 is 0 Å². The zero-order valence-electron chi connectivity index (χ0n) is 35.3. The fourth-order valence-electron chi connectivity index (χ4n) is 14.5. The lowest BCUT2D eigenvalue weighted by atomic mass is 9.58. The number of nitrogens with zero attached hydrogens (tertiary/aromatic N) is 5. The van der Waals surface area contributed by atoms with Crippen LogP contribution in [0.2, 0.25) is 0 Å². The topological polar surface area (TPSA) is 48.5 Å². The minimum Gasteiger partial charge on any atom is -0.309 e. The molecule has 3 aromatic heterocycles. The van der Waals surface area contributed by atoms with Gasteiger partial charge in [0.2, 0.25) is 0 Å². The normalized spacial score (nSPS) is 30.9. The lowest BCUT2D eigenvalue weighted by molar-refractivity contribution is 0.0815. The highest BCUT2D eigenvalue weighted by atomic mass is 15.1. The highest BCUT2D eigenvalue weighted by Crippen LogP contribution is 2.65. The van der Waals surface area contributed by atoms with Gasteiger partial charge in [0.05, 0.1) is 22.1 Å². The molecule has 8 aromatic rings. The summed E-state index contributed by atoms with van der Waals surface area (Å²) in [6.07, 6.45) is 13.0. The third-order valence-electron chi connectivity index (χ3n) is 16.4. The van der Waals surface area contributed by atoms with Gasteiger partial charge in [0.15, 0.2) is 5.82 Å². The van der Waals surface area contributed by atoms with Crippen LogP contribution in [0.4, 0.5) is 0 Å². The van der Waals surface area contributed by atoms with Crippen molar-refractivity contribution in [1.29, 1.82) is 0 Å². The van der Waals surface area contributed by atoms with Gasteiger partial charge in [-0.25, -0.2) is 15.0 Å². The molecule has 5 aliphatic rings. The average Bonchev–Trinajstić information content (AvgIpc) is 3.84. The summed E-state index contributed by atoms with van der Waals surface area (Å²) in [5.74, 6) is 8.76. The molecule has 7 atom stereocenters. The van der Waals surface area contributed by atoms with E-state index in [9.17, 15) is 0 Å². The van der Waals surface area contributed by atoms with Crippen molar-refractivity contribution in [3.63, 3.8) is 0 Å². The second-order valence-corrected chi connectivity index (χ2v) is 20.9. The third-order valence-corrected chi connectivity index (χ3v) is 16.4. The maximum Gasteiger partial charge on any atom is 0.163 e. The number of hydrogen-bond acceptors (Lipinski definition) is 3. The largest absolute Gasteiger partial charge is 0.309 e. The molecule has 3 heterocycles. The Bertz CT molecular complexity index is 2990. The van der Waals surface area contributed by atoms with Crippen molar-refractivity contribution in [2.45, 2.75) is 95.8 Å². The Balaban J connectivity index is 1.02. The summed E-state index contributed by atoms with van der Waals surface area (Å²) in [6.45, 7) is 7.49. The van der Waals surface area contributed by atoms with Crippen molar-refractivity contribution in [3.05, 3.63) is 127 Å². The van der Waals surface area contributed by atoms with Crippen molar-refractivity contribution in [3.8, 4) is 22.8 Å². The molecule has 0 radical (unpaired) electrons. The number of aromatic nitrogens is 5. The second-order valence-electron chi connectivity index (χ2n) is 20.9. The number of benzene rings is 5. The van der Waals surface area contributed by atoms with E-state index in [0.717, 1.165) is 64.2 Å². The monoisotopic (exact) mass is 785 g/mol. The van der Waals surface area contributed by atoms with E-state index in [-0.39, 0.29) is 10.8 Å². The first kappa shape index (κ1) is 35.5. The molecule has 5 nitrogen and oxygen atoms in total. The standard InChI is InChI=1S/C55H55N5/c1-33-22-35-25-36(23-33)30-54(3,29-35)52-56-51(57-53(58-52)55-28-34(2)24-38(31-55)45-27-39(45)32-55)37-12-11-15-41(26-37)60-46-18-9-7-16-42(46)43-20-21-48-49(50(43)60)44-17-8-10-19-47(44)59(48)40-13-5-4-6-14-40/h4-21,26,33-36,38-39,45H,22-25,27-32H2,1-3H3. The summed E-state index contributed by atoms with van der Waals surface area (Å²) in [5, 5.41) is 5.07. The van der Waals surface area contributed by atoms with E-state index in [1.165, 1.54) is 114 Å². The molecule has 60 heavy (non-hydrogen) atoms. The SMILES string of the molecule is CC1CC2CC(C1)CC(C)(c1nc(-c3cccc(-n4c5ccccc5c5ccc6c(c7ccccc7n6-c6ccccc6)c54)c3)nc(C34CC(C)CC(C3)C3CC3C4)n1)C2. The number of hydrogen-bond donors (Lipinski definition) is 0. The quantitative estimate of drug-likeness (QED) is 0.175. The molecule has 0 N–H and O–H groups in total. The van der Waals surface area contributed by atoms with E-state index < -0.39 is 0 Å². The summed E-state index contributed by atoms with van der Waals surface area (Å²) < 4.78 is 4.95. The first-order chi connectivity index (χ1) is 29.3. The Morgan fingerprint density at radius 2 is 1.20 bits per heavy atom. The summed E-state index contributed by atoms with van der Waals surface area (Å²) in [6, 6.07) is 42.5. The van der Waals surface area contributed by atoms with Gasteiger partial charge in [0.1, 0.15) is 11.6 Å². The van der Waals surface area contributed by atoms with Crippen LogP contribution in [-0.2, 0) is 10.8 Å². The predicted molar refractivity (Wildman–Crippen MR) is 245 cm³/mol. The minimum absolute atomic E-state index is 0.0315. The predicted octanol–water partition coefficient (Wildman–Crippen LogP) is 13.6. The maximum atomic E-state index is 5.74. The molecule has 5 aliphatic carbocycles. The van der Waals surface area contributed by atoms with Gasteiger partial charge in [0, 0.05) is 49.3 Å². The first-order valence-electron chi connectivity index (χ1n) is 23.2. The Morgan fingerprint density at radius 1 is 0.517 bits per heavy atom. The Kier molecular flexibility index (Phi) is 7.60. The molecule has 5 saturated carbocycles. The number of fused-ring (bicyclic) bond motifs is 13. The lowest BCUT2D eigenvalue weighted by Gasteiger charge is -2.48. The van der Waals surface area contributed by atoms with E-state index in [1.807, 2.05) is 0 Å². The van der Waals surface area contributed by atoms with Crippen molar-refractivity contribution < 1.29 is 0 Å². The molecule has 5 aromatic carbocycles. The average molecular weight is 786 g/mol. The molecule has 0 spiro atoms. The molecular formula is C55H55N5. The summed E-state index contributed by atoms with van der Waals surface area (Å²) in [4.78, 5) is 17.0. The first-order valence-corrected chi connectivity index (χ1v) is 23.2. The van der Waals surface area contributed by atoms with Crippen LogP contribution in [0.15, 0.2) is 115 Å². The molecule has 0 amide bonds. The van der Waals surface area contributed by atoms with Gasteiger partial charge in [-0.05, 0) is 148 Å². The van der Waals surface area contributed by atoms with Crippen molar-refractivity contribution in [1.82, 2.24) is 24.1 Å². The zero-order valence-corrected chi connectivity index (χ0v) is 35.3. The van der Waals surface area contributed by atoms with Crippen LogP contribution in [0.25, 0.3) is 66.4 Å². The van der Waals surface area contributed by atoms with Crippen LogP contribution in [0.3, 0.4) is 0 Å². The van der Waals surface area contributed by atoms with E-state index in [2.05, 4.69) is 145 Å². The molecular weight excluding hydrogens is 731 g/mol. The van der Waals surface area contributed by atoms with Crippen LogP contribution in [-0.4, -0.2) is 24.1 Å². The molecule has 0 saturated heterocycles. The van der Waals surface area contributed by atoms with Gasteiger partial charge in [-0.3, -0.25) is 0 Å². The van der Waals surface area contributed by atoms with Gasteiger partial charge in [-0.15, -0.1) is 0 Å². The van der Waals surface area contributed by atoms with Crippen molar-refractivity contribution in [2.75, 3.05) is 0 Å². The summed E-state index contributed by atoms with van der Waals surface area (Å²) in [5.41, 5.74) is 8.32. The van der Waals surface area contributed by atoms with Gasteiger partial charge >= 0.3 is 0 Å². The van der Waals surface area contributed by atoms with E-state index in [4.69, 9.17) is 15.0 Å². The van der Waals surface area contributed by atoms with Crippen LogP contribution in [0, 0.1) is 41.4 Å². The maximum absolute atomic E-state index is 5.74. The highest BCUT2D eigenvalue weighted by Gasteiger charge is 2.58. The van der Waals surface area contributed by atoms with Crippen molar-refractivity contribution >= 4 is 43.6 Å². The van der Waals surface area contributed by atoms with Crippen LogP contribution in [0.1, 0.15) is 96.6 Å². The van der Waals surface area contributed by atoms with E-state index in [1.54, 1.807) is 0 Å². The molecule has 0 aliphatic heterocycles. The number of rotatable bonds is 5. The number of para-hydroxylation sites is 3. The summed E-state index contributed by atoms with van der Waals surface area (Å²) >= 11 is 0. The minimum atomic E-state index is -0.0315. The van der Waals surface area contributed by atoms with Gasteiger partial charge in [0.25, 0.3) is 0 Å². The molecule has 4 bridgehead atoms. The van der Waals surface area contributed by atoms with Gasteiger partial charge < -0.3 is 9.13 Å². The van der Waals surface area contributed by atoms with Gasteiger partial charge in [-0.2, -0.15) is 0 Å². The zero-order chi connectivity index (χ0) is 39.9. The van der Waals surface area contributed by atoms with Crippen LogP contribution < -0.4 is 0 Å². The van der Waals surface area contributed by atoms with Crippen LogP contribution >= 0.6 is 0 Å². The fraction of sp³-hybridized carbons (Fsp3) is 0.400. The molecule has 13 rings (SSSR count). The third kappa shape index (κ3) is 5.32. The second kappa shape index (κ2) is 12.9. The lowest BCUT2D eigenvalue weighted by Crippen LogP contribution is -2.44. The Labute approximate surface area is 353 Å². The fourth-order valence-corrected chi connectivity index (χ4v) is 14.5. The van der Waals surface area contributed by atoms with E-state index in [0.29, 0.717) is 5.92 Å². The molecule has 5 fully saturated rings. The highest BCUT2D eigenvalue weighted by molar-refractivity contribution is 6.26.